The molecule has 1 aliphatic rings. The molecule has 0 saturated carbocycles. The van der Waals surface area contributed by atoms with Crippen LogP contribution in [0.2, 0.25) is 0 Å². The van der Waals surface area contributed by atoms with Crippen LogP contribution in [-0.2, 0) is 0 Å². The summed E-state index contributed by atoms with van der Waals surface area (Å²) in [7, 11) is 0. The Morgan fingerprint density at radius 3 is 1.66 bits per heavy atom. The molecule has 0 radical (unpaired) electrons. The molecule has 2 nitrogen and oxygen atoms in total. The van der Waals surface area contributed by atoms with Gasteiger partial charge in [0.05, 0.1) is 17.6 Å². The number of hydrogen-bond acceptors (Lipinski definition) is 2. The fourth-order valence-electron chi connectivity index (χ4n) is 8.58. The molecular formula is C51H32N2. The molecule has 1 aliphatic heterocycles. The van der Waals surface area contributed by atoms with Crippen molar-refractivity contribution >= 4 is 60.2 Å². The van der Waals surface area contributed by atoms with Crippen LogP contribution >= 0.6 is 0 Å². The van der Waals surface area contributed by atoms with Gasteiger partial charge in [-0.05, 0) is 114 Å². The van der Waals surface area contributed by atoms with Crippen molar-refractivity contribution in [2.75, 3.05) is 4.90 Å². The highest BCUT2D eigenvalue weighted by atomic mass is 15.2. The second kappa shape index (κ2) is 11.8. The lowest BCUT2D eigenvalue weighted by Crippen LogP contribution is -2.15. The van der Waals surface area contributed by atoms with Crippen molar-refractivity contribution in [1.29, 1.82) is 0 Å². The first-order valence-electron chi connectivity index (χ1n) is 18.2. The van der Waals surface area contributed by atoms with Crippen LogP contribution in [0.3, 0.4) is 0 Å². The molecule has 0 unspecified atom stereocenters. The average Bonchev–Trinajstić information content (AvgIpc) is 3.24. The van der Waals surface area contributed by atoms with E-state index in [1.54, 1.807) is 0 Å². The Morgan fingerprint density at radius 2 is 0.906 bits per heavy atom. The number of benzene rings is 9. The molecule has 1 aromatic heterocycles. The van der Waals surface area contributed by atoms with Crippen LogP contribution < -0.4 is 4.90 Å². The lowest BCUT2D eigenvalue weighted by molar-refractivity contribution is 1.24. The van der Waals surface area contributed by atoms with E-state index in [0.717, 1.165) is 22.4 Å². The minimum Gasteiger partial charge on any atom is -0.308 e. The summed E-state index contributed by atoms with van der Waals surface area (Å²) in [6, 6.07) is 66.4. The standard InChI is InChI=1S/C51H32N2/c1-2-12-33(13-3-1)38-27-39-31-52-32-50-51(39)48(30-38)46-22-8-9-23-49(46)53(50)40-17-11-16-36(28-40)34-14-10-15-35(26-34)37-24-25-45-43-20-5-4-18-41(43)42-19-6-7-21-44(42)47(45)29-37/h1-32H. The summed E-state index contributed by atoms with van der Waals surface area (Å²) in [5, 5.41) is 10.1. The van der Waals surface area contributed by atoms with Crippen molar-refractivity contribution in [1.82, 2.24) is 4.98 Å². The zero-order chi connectivity index (χ0) is 34.9. The maximum atomic E-state index is 4.78. The first kappa shape index (κ1) is 29.7. The Bertz CT molecular complexity index is 3030. The topological polar surface area (TPSA) is 16.1 Å². The highest BCUT2D eigenvalue weighted by molar-refractivity contribution is 6.25. The van der Waals surface area contributed by atoms with Gasteiger partial charge in [-0.1, -0.05) is 140 Å². The minimum absolute atomic E-state index is 1.10. The number of aromatic nitrogens is 1. The third-order valence-electron chi connectivity index (χ3n) is 11.0. The van der Waals surface area contributed by atoms with Crippen LogP contribution in [0.4, 0.5) is 17.1 Å². The fraction of sp³-hybridized carbons (Fsp3) is 0. The van der Waals surface area contributed by atoms with Gasteiger partial charge in [0.15, 0.2) is 0 Å². The van der Waals surface area contributed by atoms with Gasteiger partial charge in [0, 0.05) is 28.2 Å². The van der Waals surface area contributed by atoms with E-state index < -0.39 is 0 Å². The Labute approximate surface area is 307 Å². The number of para-hydroxylation sites is 1. The van der Waals surface area contributed by atoms with Gasteiger partial charge in [0.1, 0.15) is 0 Å². The average molecular weight is 673 g/mol. The molecular weight excluding hydrogens is 641 g/mol. The van der Waals surface area contributed by atoms with Crippen molar-refractivity contribution in [2.24, 2.45) is 0 Å². The molecule has 0 atom stereocenters. The first-order chi connectivity index (χ1) is 26.3. The van der Waals surface area contributed by atoms with Crippen LogP contribution in [0.25, 0.3) is 87.6 Å². The lowest BCUT2D eigenvalue weighted by Gasteiger charge is -2.33. The van der Waals surface area contributed by atoms with Crippen molar-refractivity contribution in [3.05, 3.63) is 194 Å². The van der Waals surface area contributed by atoms with Crippen LogP contribution in [0, 0.1) is 0 Å². The van der Waals surface area contributed by atoms with Crippen LogP contribution in [0.5, 0.6) is 0 Å². The highest BCUT2D eigenvalue weighted by Crippen LogP contribution is 2.52. The molecule has 0 aliphatic carbocycles. The van der Waals surface area contributed by atoms with E-state index in [4.69, 9.17) is 4.98 Å². The molecule has 0 bridgehead atoms. The fourth-order valence-corrected chi connectivity index (χ4v) is 8.58. The summed E-state index contributed by atoms with van der Waals surface area (Å²) in [6.45, 7) is 0. The van der Waals surface area contributed by atoms with Crippen molar-refractivity contribution in [3.63, 3.8) is 0 Å². The van der Waals surface area contributed by atoms with E-state index in [0.29, 0.717) is 0 Å². The second-order valence-corrected chi connectivity index (χ2v) is 14.0. The van der Waals surface area contributed by atoms with Crippen LogP contribution in [-0.4, -0.2) is 4.98 Å². The summed E-state index contributed by atoms with van der Waals surface area (Å²) in [5.41, 5.74) is 13.0. The van der Waals surface area contributed by atoms with E-state index in [1.165, 1.54) is 82.2 Å². The molecule has 2 heterocycles. The highest BCUT2D eigenvalue weighted by Gasteiger charge is 2.27. The second-order valence-electron chi connectivity index (χ2n) is 14.0. The maximum absolute atomic E-state index is 4.78. The van der Waals surface area contributed by atoms with Gasteiger partial charge in [0.2, 0.25) is 0 Å². The normalized spacial score (nSPS) is 12.1. The molecule has 10 aromatic rings. The molecule has 0 amide bonds. The lowest BCUT2D eigenvalue weighted by atomic mass is 9.88. The van der Waals surface area contributed by atoms with Gasteiger partial charge in [-0.2, -0.15) is 0 Å². The van der Waals surface area contributed by atoms with Crippen molar-refractivity contribution < 1.29 is 0 Å². The predicted octanol–water partition coefficient (Wildman–Crippen LogP) is 14.1. The van der Waals surface area contributed by atoms with Gasteiger partial charge in [-0.15, -0.1) is 0 Å². The number of pyridine rings is 1. The maximum Gasteiger partial charge on any atom is 0.0729 e. The summed E-state index contributed by atoms with van der Waals surface area (Å²) in [4.78, 5) is 7.16. The number of nitrogens with zero attached hydrogens (tertiary/aromatic N) is 2. The van der Waals surface area contributed by atoms with E-state index in [9.17, 15) is 0 Å². The Balaban J connectivity index is 1.03. The third-order valence-corrected chi connectivity index (χ3v) is 11.0. The van der Waals surface area contributed by atoms with E-state index in [1.807, 2.05) is 12.4 Å². The molecule has 2 heteroatoms. The van der Waals surface area contributed by atoms with E-state index >= 15 is 0 Å². The van der Waals surface area contributed by atoms with Crippen molar-refractivity contribution in [3.8, 4) is 44.5 Å². The Hall–Kier alpha value is -7.03. The quantitative estimate of drug-likeness (QED) is 0.173. The first-order valence-corrected chi connectivity index (χ1v) is 18.2. The molecule has 11 rings (SSSR count). The number of anilines is 3. The summed E-state index contributed by atoms with van der Waals surface area (Å²) in [6.07, 6.45) is 4.02. The van der Waals surface area contributed by atoms with Gasteiger partial charge >= 0.3 is 0 Å². The Morgan fingerprint density at radius 1 is 0.321 bits per heavy atom. The van der Waals surface area contributed by atoms with Crippen LogP contribution in [0.15, 0.2) is 194 Å². The summed E-state index contributed by atoms with van der Waals surface area (Å²) in [5.74, 6) is 0. The van der Waals surface area contributed by atoms with Gasteiger partial charge in [0.25, 0.3) is 0 Å². The summed E-state index contributed by atoms with van der Waals surface area (Å²) < 4.78 is 0. The largest absolute Gasteiger partial charge is 0.308 e. The van der Waals surface area contributed by atoms with Crippen molar-refractivity contribution in [2.45, 2.75) is 0 Å². The zero-order valence-corrected chi connectivity index (χ0v) is 28.9. The number of fused-ring (bicyclic) bond motifs is 8. The molecule has 53 heavy (non-hydrogen) atoms. The van der Waals surface area contributed by atoms with Gasteiger partial charge in [-0.3, -0.25) is 4.98 Å². The molecule has 0 fully saturated rings. The predicted molar refractivity (Wildman–Crippen MR) is 224 cm³/mol. The Kier molecular flexibility index (Phi) is 6.59. The molecule has 246 valence electrons. The zero-order valence-electron chi connectivity index (χ0n) is 28.9. The van der Waals surface area contributed by atoms with Crippen LogP contribution in [0.1, 0.15) is 0 Å². The monoisotopic (exact) mass is 672 g/mol. The van der Waals surface area contributed by atoms with E-state index in [-0.39, 0.29) is 0 Å². The third kappa shape index (κ3) is 4.70. The van der Waals surface area contributed by atoms with Gasteiger partial charge in [-0.25, -0.2) is 0 Å². The van der Waals surface area contributed by atoms with E-state index in [2.05, 4.69) is 187 Å². The summed E-state index contributed by atoms with van der Waals surface area (Å²) >= 11 is 0. The van der Waals surface area contributed by atoms with Gasteiger partial charge < -0.3 is 4.90 Å². The minimum atomic E-state index is 1.10. The molecule has 0 spiro atoms. The number of hydrogen-bond donors (Lipinski definition) is 0. The smallest absolute Gasteiger partial charge is 0.0729 e. The molecule has 0 saturated heterocycles. The molecule has 0 N–H and O–H groups in total. The number of rotatable bonds is 4. The molecule has 9 aromatic carbocycles. The SMILES string of the molecule is c1ccc(-c2cc3c4c(cncc4c2)N(c2cccc(-c4cccc(-c5ccc6c7ccccc7c7ccccc7c6c5)c4)c2)c2ccccc2-3)cc1.